The Kier molecular flexibility index (Phi) is 7.10. The summed E-state index contributed by atoms with van der Waals surface area (Å²) >= 11 is 17.4. The largest absolute Gasteiger partial charge is 0.451 e. The van der Waals surface area contributed by atoms with Crippen molar-refractivity contribution in [2.24, 2.45) is 0 Å². The number of halogens is 2. The Hall–Kier alpha value is -2.87. The lowest BCUT2D eigenvalue weighted by atomic mass is 10.2. The van der Waals surface area contributed by atoms with Crippen LogP contribution in [0.5, 0.6) is 0 Å². The van der Waals surface area contributed by atoms with E-state index < -0.39 is 5.91 Å². The highest BCUT2D eigenvalue weighted by Crippen LogP contribution is 2.26. The number of thiocarbonyl (C=S) groups is 1. The number of nitrogens with one attached hydrogen (secondary N) is 3. The average molecular weight is 462 g/mol. The van der Waals surface area contributed by atoms with Crippen molar-refractivity contribution in [1.29, 1.82) is 0 Å². The quantitative estimate of drug-likeness (QED) is 0.422. The predicted octanol–water partition coefficient (Wildman–Crippen LogP) is 5.73. The molecule has 2 amide bonds. The molecule has 154 valence electrons. The lowest BCUT2D eigenvalue weighted by molar-refractivity contribution is -0.115. The highest BCUT2D eigenvalue weighted by Gasteiger charge is 2.15. The number of carbonyl (C=O) groups excluding carboxylic acids is 2. The summed E-state index contributed by atoms with van der Waals surface area (Å²) in [4.78, 5) is 24.0. The number of furan rings is 1. The summed E-state index contributed by atoms with van der Waals surface area (Å²) in [5.74, 6) is -0.0621. The van der Waals surface area contributed by atoms with Crippen LogP contribution >= 0.6 is 35.4 Å². The molecule has 0 saturated carbocycles. The van der Waals surface area contributed by atoms with Gasteiger partial charge in [-0.3, -0.25) is 14.9 Å². The molecule has 6 nitrogen and oxygen atoms in total. The third-order valence-corrected chi connectivity index (χ3v) is 4.75. The molecule has 0 spiro atoms. The molecular weight excluding hydrogens is 445 g/mol. The van der Waals surface area contributed by atoms with Crippen LogP contribution in [0.15, 0.2) is 59.0 Å². The van der Waals surface area contributed by atoms with E-state index in [4.69, 9.17) is 39.8 Å². The van der Waals surface area contributed by atoms with Crippen molar-refractivity contribution in [2.75, 3.05) is 10.6 Å². The number of rotatable bonds is 5. The molecule has 3 aromatic rings. The molecule has 0 aliphatic carbocycles. The molecule has 9 heteroatoms. The predicted molar refractivity (Wildman–Crippen MR) is 123 cm³/mol. The van der Waals surface area contributed by atoms with Crippen molar-refractivity contribution in [3.63, 3.8) is 0 Å². The summed E-state index contributed by atoms with van der Waals surface area (Å²) < 4.78 is 5.60. The van der Waals surface area contributed by atoms with Crippen LogP contribution in [0.4, 0.5) is 11.4 Å². The molecule has 1 aromatic heterocycles. The topological polar surface area (TPSA) is 83.4 Å². The zero-order chi connectivity index (χ0) is 21.7. The summed E-state index contributed by atoms with van der Waals surface area (Å²) in [6.07, 6.45) is 0.347. The number of hydrogen-bond donors (Lipinski definition) is 3. The van der Waals surface area contributed by atoms with Gasteiger partial charge in [-0.15, -0.1) is 0 Å². The first-order chi connectivity index (χ1) is 14.4. The number of carbonyl (C=O) groups is 2. The number of amides is 2. The Morgan fingerprint density at radius 3 is 2.57 bits per heavy atom. The number of hydrogen-bond acceptors (Lipinski definition) is 4. The van der Waals surface area contributed by atoms with E-state index in [-0.39, 0.29) is 16.8 Å². The number of anilines is 2. The molecule has 3 N–H and O–H groups in total. The van der Waals surface area contributed by atoms with E-state index in [2.05, 4.69) is 16.0 Å². The van der Waals surface area contributed by atoms with Gasteiger partial charge in [0, 0.05) is 22.7 Å². The van der Waals surface area contributed by atoms with Crippen molar-refractivity contribution >= 4 is 63.7 Å². The lowest BCUT2D eigenvalue weighted by Gasteiger charge is -2.12. The smallest absolute Gasteiger partial charge is 0.293 e. The van der Waals surface area contributed by atoms with Crippen molar-refractivity contribution in [3.8, 4) is 11.3 Å². The van der Waals surface area contributed by atoms with E-state index in [0.717, 1.165) is 5.56 Å². The van der Waals surface area contributed by atoms with Gasteiger partial charge in [-0.05, 0) is 54.7 Å². The molecule has 1 heterocycles. The molecule has 0 aliphatic rings. The Morgan fingerprint density at radius 1 is 1.03 bits per heavy atom. The van der Waals surface area contributed by atoms with Gasteiger partial charge < -0.3 is 15.1 Å². The fourth-order valence-corrected chi connectivity index (χ4v) is 3.08. The van der Waals surface area contributed by atoms with E-state index in [9.17, 15) is 9.59 Å². The maximum atomic E-state index is 12.4. The Balaban J connectivity index is 1.66. The molecule has 0 bridgehead atoms. The van der Waals surface area contributed by atoms with Crippen molar-refractivity contribution in [2.45, 2.75) is 13.3 Å². The molecule has 0 aliphatic heterocycles. The van der Waals surface area contributed by atoms with Gasteiger partial charge in [0.25, 0.3) is 5.91 Å². The van der Waals surface area contributed by atoms with Crippen molar-refractivity contribution < 1.29 is 14.0 Å². The Labute approximate surface area is 188 Å². The molecular formula is C21H17Cl2N3O3S. The maximum absolute atomic E-state index is 12.4. The van der Waals surface area contributed by atoms with Gasteiger partial charge in [-0.2, -0.15) is 0 Å². The van der Waals surface area contributed by atoms with E-state index in [1.54, 1.807) is 55.5 Å². The monoisotopic (exact) mass is 461 g/mol. The Morgan fingerprint density at radius 2 is 1.83 bits per heavy atom. The first-order valence-corrected chi connectivity index (χ1v) is 10.1. The van der Waals surface area contributed by atoms with Crippen LogP contribution in [-0.4, -0.2) is 16.9 Å². The molecule has 2 aromatic carbocycles. The van der Waals surface area contributed by atoms with Crippen LogP contribution in [0.25, 0.3) is 11.3 Å². The van der Waals surface area contributed by atoms with Gasteiger partial charge in [0.1, 0.15) is 5.76 Å². The van der Waals surface area contributed by atoms with Crippen LogP contribution in [0.3, 0.4) is 0 Å². The summed E-state index contributed by atoms with van der Waals surface area (Å²) in [7, 11) is 0. The van der Waals surface area contributed by atoms with E-state index in [0.29, 0.717) is 33.6 Å². The van der Waals surface area contributed by atoms with Crippen LogP contribution in [0.2, 0.25) is 10.0 Å². The molecule has 0 saturated heterocycles. The van der Waals surface area contributed by atoms with Crippen LogP contribution < -0.4 is 16.0 Å². The van der Waals surface area contributed by atoms with Crippen molar-refractivity contribution in [3.05, 3.63) is 70.4 Å². The van der Waals surface area contributed by atoms with E-state index in [1.807, 2.05) is 6.07 Å². The van der Waals surface area contributed by atoms with Gasteiger partial charge in [0.05, 0.1) is 10.7 Å². The summed E-state index contributed by atoms with van der Waals surface area (Å²) in [5, 5.41) is 9.08. The third-order valence-electron chi connectivity index (χ3n) is 3.99. The van der Waals surface area contributed by atoms with Gasteiger partial charge in [-0.25, -0.2) is 0 Å². The number of benzene rings is 2. The second kappa shape index (κ2) is 9.75. The standard InChI is InChI=1S/C21H17Cl2N3O3S/c1-2-19(27)24-14-6-7-15(23)16(11-14)25-21(30)26-20(28)18-9-8-17(29-18)12-4-3-5-13(22)10-12/h3-11H,2H2,1H3,(H,24,27)(H2,25,26,28,30). The van der Waals surface area contributed by atoms with E-state index in [1.165, 1.54) is 0 Å². The molecule has 3 rings (SSSR count). The molecule has 0 radical (unpaired) electrons. The fourth-order valence-electron chi connectivity index (χ4n) is 2.52. The minimum atomic E-state index is -0.521. The van der Waals surface area contributed by atoms with Gasteiger partial charge in [0.2, 0.25) is 5.91 Å². The average Bonchev–Trinajstić information content (AvgIpc) is 3.21. The minimum Gasteiger partial charge on any atom is -0.451 e. The van der Waals surface area contributed by atoms with Crippen LogP contribution in [0, 0.1) is 0 Å². The van der Waals surface area contributed by atoms with Gasteiger partial charge >= 0.3 is 0 Å². The summed E-state index contributed by atoms with van der Waals surface area (Å²) in [6, 6.07) is 15.2. The van der Waals surface area contributed by atoms with Gasteiger partial charge in [-0.1, -0.05) is 42.3 Å². The fraction of sp³-hybridized carbons (Fsp3) is 0.0952. The third kappa shape index (κ3) is 5.60. The molecule has 0 unspecified atom stereocenters. The molecule has 30 heavy (non-hydrogen) atoms. The van der Waals surface area contributed by atoms with Crippen molar-refractivity contribution in [1.82, 2.24) is 5.32 Å². The molecule has 0 atom stereocenters. The SMILES string of the molecule is CCC(=O)Nc1ccc(Cl)c(NC(=S)NC(=O)c2ccc(-c3cccc(Cl)c3)o2)c1. The van der Waals surface area contributed by atoms with Gasteiger partial charge in [0.15, 0.2) is 10.9 Å². The minimum absolute atomic E-state index is 0.0292. The van der Waals surface area contributed by atoms with Crippen LogP contribution in [0.1, 0.15) is 23.9 Å². The zero-order valence-corrected chi connectivity index (χ0v) is 18.1. The normalized spacial score (nSPS) is 10.4. The zero-order valence-electron chi connectivity index (χ0n) is 15.8. The first-order valence-electron chi connectivity index (χ1n) is 8.93. The molecule has 0 fully saturated rings. The van der Waals surface area contributed by atoms with Crippen LogP contribution in [-0.2, 0) is 4.79 Å². The summed E-state index contributed by atoms with van der Waals surface area (Å²) in [6.45, 7) is 1.75. The lowest BCUT2D eigenvalue weighted by Crippen LogP contribution is -2.34. The second-order valence-electron chi connectivity index (χ2n) is 6.18. The second-order valence-corrected chi connectivity index (χ2v) is 7.43. The summed E-state index contributed by atoms with van der Waals surface area (Å²) in [5.41, 5.74) is 1.75. The highest BCUT2D eigenvalue weighted by molar-refractivity contribution is 7.80. The maximum Gasteiger partial charge on any atom is 0.293 e. The first kappa shape index (κ1) is 21.8. The Bertz CT molecular complexity index is 1110. The van der Waals surface area contributed by atoms with E-state index >= 15 is 0 Å². The highest BCUT2D eigenvalue weighted by atomic mass is 35.5.